The summed E-state index contributed by atoms with van der Waals surface area (Å²) in [5.74, 6) is 3.22. The zero-order chi connectivity index (χ0) is 12.0. The molecule has 0 aromatic rings. The van der Waals surface area contributed by atoms with E-state index in [2.05, 4.69) is 26.1 Å². The molecule has 3 heteroatoms. The number of rotatable bonds is 9. The van der Waals surface area contributed by atoms with E-state index in [9.17, 15) is 5.11 Å². The molecule has 1 aliphatic rings. The van der Waals surface area contributed by atoms with Crippen LogP contribution in [0.25, 0.3) is 0 Å². The van der Waals surface area contributed by atoms with Crippen LogP contribution < -0.4 is 5.32 Å². The monoisotopic (exact) mass is 245 g/mol. The minimum Gasteiger partial charge on any atom is -0.394 e. The Hall–Kier alpha value is 0.270. The van der Waals surface area contributed by atoms with Crippen molar-refractivity contribution < 1.29 is 5.11 Å². The van der Waals surface area contributed by atoms with Gasteiger partial charge in [-0.3, -0.25) is 0 Å². The zero-order valence-corrected chi connectivity index (χ0v) is 11.8. The van der Waals surface area contributed by atoms with Crippen molar-refractivity contribution in [2.75, 3.05) is 18.1 Å². The maximum atomic E-state index is 9.43. The fraction of sp³-hybridized carbons (Fsp3) is 1.00. The first-order chi connectivity index (χ1) is 7.56. The molecule has 0 aromatic carbocycles. The van der Waals surface area contributed by atoms with Crippen LogP contribution in [-0.2, 0) is 0 Å². The molecular formula is C13H27NOS. The Bertz CT molecular complexity index is 194. The topological polar surface area (TPSA) is 32.3 Å². The molecule has 0 aliphatic heterocycles. The maximum absolute atomic E-state index is 9.43. The summed E-state index contributed by atoms with van der Waals surface area (Å²) in [6.07, 6.45) is 4.95. The SMILES string of the molecule is CC(C)CCSCCC(C)(CO)NC1CC1. The summed E-state index contributed by atoms with van der Waals surface area (Å²) in [6, 6.07) is 0.679. The quantitative estimate of drug-likeness (QED) is 0.613. The van der Waals surface area contributed by atoms with Gasteiger partial charge in [-0.25, -0.2) is 0 Å². The van der Waals surface area contributed by atoms with Gasteiger partial charge in [-0.1, -0.05) is 13.8 Å². The van der Waals surface area contributed by atoms with Crippen molar-refractivity contribution in [1.29, 1.82) is 0 Å². The molecule has 0 amide bonds. The van der Waals surface area contributed by atoms with E-state index < -0.39 is 0 Å². The van der Waals surface area contributed by atoms with Gasteiger partial charge in [0.15, 0.2) is 0 Å². The molecule has 2 nitrogen and oxygen atoms in total. The molecule has 1 unspecified atom stereocenters. The molecule has 0 aromatic heterocycles. The average molecular weight is 245 g/mol. The second-order valence-electron chi connectivity index (χ2n) is 5.68. The van der Waals surface area contributed by atoms with Gasteiger partial charge in [0, 0.05) is 11.6 Å². The van der Waals surface area contributed by atoms with E-state index in [4.69, 9.17) is 0 Å². The van der Waals surface area contributed by atoms with E-state index in [0.29, 0.717) is 6.04 Å². The van der Waals surface area contributed by atoms with Gasteiger partial charge < -0.3 is 10.4 Å². The molecule has 0 spiro atoms. The van der Waals surface area contributed by atoms with Gasteiger partial charge in [-0.05, 0) is 50.0 Å². The zero-order valence-electron chi connectivity index (χ0n) is 11.0. The minimum absolute atomic E-state index is 0.0496. The summed E-state index contributed by atoms with van der Waals surface area (Å²) in [5, 5.41) is 13.0. The summed E-state index contributed by atoms with van der Waals surface area (Å²) in [7, 11) is 0. The predicted octanol–water partition coefficient (Wildman–Crippen LogP) is 2.66. The van der Waals surface area contributed by atoms with Crippen LogP contribution in [0.3, 0.4) is 0 Å². The van der Waals surface area contributed by atoms with Crippen LogP contribution >= 0.6 is 11.8 Å². The van der Waals surface area contributed by atoms with Crippen molar-refractivity contribution in [2.24, 2.45) is 5.92 Å². The highest BCUT2D eigenvalue weighted by molar-refractivity contribution is 7.99. The fourth-order valence-electron chi connectivity index (χ4n) is 1.64. The normalized spacial score (nSPS) is 20.1. The number of thioether (sulfide) groups is 1. The van der Waals surface area contributed by atoms with Crippen LogP contribution in [-0.4, -0.2) is 34.8 Å². The van der Waals surface area contributed by atoms with Crippen molar-refractivity contribution in [2.45, 2.75) is 58.0 Å². The fourth-order valence-corrected chi connectivity index (χ4v) is 3.07. The summed E-state index contributed by atoms with van der Waals surface area (Å²) in [4.78, 5) is 0. The molecule has 1 fully saturated rings. The second kappa shape index (κ2) is 6.87. The van der Waals surface area contributed by atoms with Gasteiger partial charge in [0.05, 0.1) is 6.61 Å². The smallest absolute Gasteiger partial charge is 0.0610 e. The standard InChI is InChI=1S/C13H27NOS/c1-11(2)6-8-16-9-7-13(3,10-15)14-12-4-5-12/h11-12,14-15H,4-10H2,1-3H3. The van der Waals surface area contributed by atoms with E-state index >= 15 is 0 Å². The van der Waals surface area contributed by atoms with Crippen molar-refractivity contribution in [3.63, 3.8) is 0 Å². The highest BCUT2D eigenvalue weighted by atomic mass is 32.2. The summed E-state index contributed by atoms with van der Waals surface area (Å²) in [6.45, 7) is 6.95. The summed E-state index contributed by atoms with van der Waals surface area (Å²) >= 11 is 2.02. The van der Waals surface area contributed by atoms with Crippen LogP contribution in [0.5, 0.6) is 0 Å². The summed E-state index contributed by atoms with van der Waals surface area (Å²) in [5.41, 5.74) is -0.0496. The lowest BCUT2D eigenvalue weighted by Gasteiger charge is -2.29. The number of aliphatic hydroxyl groups is 1. The molecule has 96 valence electrons. The van der Waals surface area contributed by atoms with E-state index in [1.165, 1.54) is 25.0 Å². The predicted molar refractivity (Wildman–Crippen MR) is 73.0 cm³/mol. The molecule has 1 atom stereocenters. The van der Waals surface area contributed by atoms with E-state index in [-0.39, 0.29) is 12.1 Å². The molecule has 0 saturated heterocycles. The molecule has 1 rings (SSSR count). The number of aliphatic hydroxyl groups excluding tert-OH is 1. The molecule has 2 N–H and O–H groups in total. The first-order valence-electron chi connectivity index (χ1n) is 6.52. The first kappa shape index (κ1) is 14.3. The third-order valence-electron chi connectivity index (χ3n) is 3.12. The van der Waals surface area contributed by atoms with Gasteiger partial charge in [0.1, 0.15) is 0 Å². The number of nitrogens with one attached hydrogen (secondary N) is 1. The van der Waals surface area contributed by atoms with Crippen LogP contribution in [0.4, 0.5) is 0 Å². The van der Waals surface area contributed by atoms with Crippen LogP contribution in [0.15, 0.2) is 0 Å². The van der Waals surface area contributed by atoms with E-state index in [1.54, 1.807) is 0 Å². The summed E-state index contributed by atoms with van der Waals surface area (Å²) < 4.78 is 0. The lowest BCUT2D eigenvalue weighted by molar-refractivity contribution is 0.169. The Kier molecular flexibility index (Phi) is 6.16. The lowest BCUT2D eigenvalue weighted by atomic mass is 10.0. The van der Waals surface area contributed by atoms with Crippen molar-refractivity contribution in [3.05, 3.63) is 0 Å². The Labute approximate surface area is 105 Å². The molecule has 0 heterocycles. The first-order valence-corrected chi connectivity index (χ1v) is 7.67. The largest absolute Gasteiger partial charge is 0.394 e. The third-order valence-corrected chi connectivity index (χ3v) is 4.13. The Morgan fingerprint density at radius 2 is 2.06 bits per heavy atom. The van der Waals surface area contributed by atoms with Gasteiger partial charge in [0.2, 0.25) is 0 Å². The Morgan fingerprint density at radius 3 is 2.56 bits per heavy atom. The number of hydrogen-bond donors (Lipinski definition) is 2. The van der Waals surface area contributed by atoms with Crippen LogP contribution in [0.1, 0.15) is 46.5 Å². The van der Waals surface area contributed by atoms with Gasteiger partial charge in [-0.2, -0.15) is 11.8 Å². The van der Waals surface area contributed by atoms with E-state index in [1.807, 2.05) is 11.8 Å². The number of hydrogen-bond acceptors (Lipinski definition) is 3. The Balaban J connectivity index is 2.07. The van der Waals surface area contributed by atoms with Crippen molar-refractivity contribution in [3.8, 4) is 0 Å². The molecule has 1 aliphatic carbocycles. The highest BCUT2D eigenvalue weighted by Gasteiger charge is 2.31. The second-order valence-corrected chi connectivity index (χ2v) is 6.91. The molecule has 16 heavy (non-hydrogen) atoms. The average Bonchev–Trinajstić information content (AvgIpc) is 3.01. The van der Waals surface area contributed by atoms with Gasteiger partial charge >= 0.3 is 0 Å². The van der Waals surface area contributed by atoms with Gasteiger partial charge in [-0.15, -0.1) is 0 Å². The minimum atomic E-state index is -0.0496. The van der Waals surface area contributed by atoms with Crippen molar-refractivity contribution >= 4 is 11.8 Å². The van der Waals surface area contributed by atoms with Crippen LogP contribution in [0, 0.1) is 5.92 Å². The molecule has 0 radical (unpaired) electrons. The Morgan fingerprint density at radius 1 is 1.38 bits per heavy atom. The van der Waals surface area contributed by atoms with Crippen LogP contribution in [0.2, 0.25) is 0 Å². The van der Waals surface area contributed by atoms with Crippen molar-refractivity contribution in [1.82, 2.24) is 5.32 Å². The molecule has 0 bridgehead atoms. The van der Waals surface area contributed by atoms with E-state index in [0.717, 1.165) is 18.1 Å². The molecular weight excluding hydrogens is 218 g/mol. The molecule has 1 saturated carbocycles. The highest BCUT2D eigenvalue weighted by Crippen LogP contribution is 2.25. The lowest BCUT2D eigenvalue weighted by Crippen LogP contribution is -2.47. The maximum Gasteiger partial charge on any atom is 0.0610 e. The van der Waals surface area contributed by atoms with Gasteiger partial charge in [0.25, 0.3) is 0 Å². The third kappa shape index (κ3) is 6.12.